The summed E-state index contributed by atoms with van der Waals surface area (Å²) in [5.41, 5.74) is 0.298. The van der Waals surface area contributed by atoms with Crippen LogP contribution in [0.1, 0.15) is 12.0 Å². The van der Waals surface area contributed by atoms with E-state index < -0.39 is 18.4 Å². The predicted molar refractivity (Wildman–Crippen MR) is 79.8 cm³/mol. The average Bonchev–Trinajstić information content (AvgIpc) is 3.27. The van der Waals surface area contributed by atoms with Crippen molar-refractivity contribution in [1.29, 1.82) is 0 Å². The van der Waals surface area contributed by atoms with E-state index in [1.165, 1.54) is 23.9 Å². The van der Waals surface area contributed by atoms with Crippen LogP contribution in [0.2, 0.25) is 0 Å². The van der Waals surface area contributed by atoms with Crippen molar-refractivity contribution in [3.05, 3.63) is 30.0 Å². The lowest BCUT2D eigenvalue weighted by molar-refractivity contribution is -0.274. The van der Waals surface area contributed by atoms with Crippen molar-refractivity contribution in [3.8, 4) is 17.1 Å². The summed E-state index contributed by atoms with van der Waals surface area (Å²) in [4.78, 5) is 0. The van der Waals surface area contributed by atoms with Crippen molar-refractivity contribution in [2.75, 3.05) is 12.4 Å². The lowest BCUT2D eigenvalue weighted by atomic mass is 10.2. The number of alkyl halides is 3. The molecule has 0 radical (unpaired) electrons. The summed E-state index contributed by atoms with van der Waals surface area (Å²) in [5, 5.41) is 30.5. The molecule has 14 heteroatoms. The van der Waals surface area contributed by atoms with Crippen molar-refractivity contribution >= 4 is 5.82 Å². The van der Waals surface area contributed by atoms with Crippen LogP contribution in [0.15, 0.2) is 28.9 Å². The fraction of sp³-hybridized carbons (Fsp3) is 0.308. The molecule has 1 atom stereocenters. The summed E-state index contributed by atoms with van der Waals surface area (Å²) in [5.74, 6) is -0.158. The van der Waals surface area contributed by atoms with E-state index in [-0.39, 0.29) is 24.0 Å². The molecule has 2 aromatic heterocycles. The number of halogens is 3. The molecule has 1 aromatic carbocycles. The Hall–Kier alpha value is -3.26. The second-order valence-electron chi connectivity index (χ2n) is 5.00. The number of aliphatic hydroxyl groups is 1. The van der Waals surface area contributed by atoms with E-state index in [1.807, 2.05) is 0 Å². The molecule has 0 fully saturated rings. The lowest BCUT2D eigenvalue weighted by Gasteiger charge is -2.10. The Morgan fingerprint density at radius 3 is 2.89 bits per heavy atom. The van der Waals surface area contributed by atoms with Gasteiger partial charge in [0, 0.05) is 12.7 Å². The largest absolute Gasteiger partial charge is 0.573 e. The first-order chi connectivity index (χ1) is 12.9. The van der Waals surface area contributed by atoms with Crippen LogP contribution in [-0.2, 0) is 11.4 Å². The summed E-state index contributed by atoms with van der Waals surface area (Å²) in [6, 6.07) is 5.19. The third kappa shape index (κ3) is 4.48. The van der Waals surface area contributed by atoms with Crippen LogP contribution in [0.4, 0.5) is 19.0 Å². The predicted octanol–water partition coefficient (Wildman–Crippen LogP) is 1.33. The number of ether oxygens (including phenoxy) is 2. The molecule has 0 aliphatic heterocycles. The number of anilines is 1. The van der Waals surface area contributed by atoms with Crippen molar-refractivity contribution in [2.24, 2.45) is 0 Å². The highest BCUT2D eigenvalue weighted by Gasteiger charge is 2.31. The third-order valence-electron chi connectivity index (χ3n) is 3.23. The second-order valence-corrected chi connectivity index (χ2v) is 5.00. The number of nitrogens with zero attached hydrogens (tertiary/aromatic N) is 6. The van der Waals surface area contributed by atoms with Gasteiger partial charge in [0.05, 0.1) is 0 Å². The van der Waals surface area contributed by atoms with Gasteiger partial charge in [-0.1, -0.05) is 12.1 Å². The molecule has 27 heavy (non-hydrogen) atoms. The Kier molecular flexibility index (Phi) is 5.18. The van der Waals surface area contributed by atoms with Crippen LogP contribution >= 0.6 is 0 Å². The molecule has 0 spiro atoms. The Bertz CT molecular complexity index is 898. The maximum atomic E-state index is 12.4. The molecular formula is C13H12F3N7O4. The van der Waals surface area contributed by atoms with Gasteiger partial charge in [-0.3, -0.25) is 0 Å². The van der Waals surface area contributed by atoms with Crippen LogP contribution < -0.4 is 10.1 Å². The van der Waals surface area contributed by atoms with Crippen molar-refractivity contribution < 1.29 is 32.4 Å². The summed E-state index contributed by atoms with van der Waals surface area (Å²) in [6.45, 7) is -0.0513. The molecule has 11 nitrogen and oxygen atoms in total. The van der Waals surface area contributed by atoms with E-state index in [1.54, 1.807) is 0 Å². The maximum Gasteiger partial charge on any atom is 0.573 e. The zero-order valence-electron chi connectivity index (χ0n) is 13.6. The van der Waals surface area contributed by atoms with E-state index in [4.69, 9.17) is 4.74 Å². The van der Waals surface area contributed by atoms with Crippen molar-refractivity contribution in [2.45, 2.75) is 19.3 Å². The number of aliphatic hydroxyl groups excluding tert-OH is 1. The minimum Gasteiger partial charge on any atom is -0.406 e. The quantitative estimate of drug-likeness (QED) is 0.572. The second kappa shape index (κ2) is 7.55. The molecule has 0 bridgehead atoms. The number of aromatic nitrogens is 6. The minimum atomic E-state index is -4.81. The Morgan fingerprint density at radius 2 is 2.15 bits per heavy atom. The monoisotopic (exact) mass is 387 g/mol. The van der Waals surface area contributed by atoms with E-state index >= 15 is 0 Å². The normalized spacial score (nSPS) is 12.8. The van der Waals surface area contributed by atoms with Crippen LogP contribution in [0.3, 0.4) is 0 Å². The zero-order chi connectivity index (χ0) is 19.4. The van der Waals surface area contributed by atoms with Gasteiger partial charge < -0.3 is 19.9 Å². The number of hydrogen-bond acceptors (Lipinski definition) is 10. The van der Waals surface area contributed by atoms with E-state index in [2.05, 4.69) is 40.5 Å². The van der Waals surface area contributed by atoms with Gasteiger partial charge in [0.15, 0.2) is 11.5 Å². The van der Waals surface area contributed by atoms with Crippen molar-refractivity contribution in [3.63, 3.8) is 0 Å². The average molecular weight is 387 g/mol. The third-order valence-corrected chi connectivity index (χ3v) is 3.23. The molecule has 0 aliphatic rings. The smallest absolute Gasteiger partial charge is 0.406 e. The standard InChI is InChI=1S/C13H12F3N7O4/c1-25-12(24)9-10(20-27-19-9)17-6-23-11(18-21-22-23)7-3-2-4-8(5-7)26-13(14,15)16/h2-5,12,24H,6H2,1H3,(H,17,20). The summed E-state index contributed by atoms with van der Waals surface area (Å²) >= 11 is 0. The molecule has 0 saturated heterocycles. The first kappa shape index (κ1) is 18.5. The molecule has 1 unspecified atom stereocenters. The van der Waals surface area contributed by atoms with Crippen LogP contribution in [0.5, 0.6) is 5.75 Å². The fourth-order valence-electron chi connectivity index (χ4n) is 2.09. The first-order valence-electron chi connectivity index (χ1n) is 7.27. The molecule has 0 amide bonds. The van der Waals surface area contributed by atoms with Gasteiger partial charge in [-0.05, 0) is 32.9 Å². The van der Waals surface area contributed by atoms with Gasteiger partial charge in [0.25, 0.3) is 0 Å². The number of tetrazole rings is 1. The summed E-state index contributed by atoms with van der Waals surface area (Å²) < 4.78 is 51.5. The Balaban J connectivity index is 1.77. The maximum absolute atomic E-state index is 12.4. The van der Waals surface area contributed by atoms with Gasteiger partial charge in [-0.2, -0.15) is 0 Å². The van der Waals surface area contributed by atoms with E-state index in [0.717, 1.165) is 12.1 Å². The highest BCUT2D eigenvalue weighted by atomic mass is 19.4. The van der Waals surface area contributed by atoms with Gasteiger partial charge in [-0.15, -0.1) is 18.3 Å². The highest BCUT2D eigenvalue weighted by Crippen LogP contribution is 2.27. The fourth-order valence-corrected chi connectivity index (χ4v) is 2.09. The molecular weight excluding hydrogens is 375 g/mol. The Morgan fingerprint density at radius 1 is 1.33 bits per heavy atom. The number of methoxy groups -OCH3 is 1. The molecule has 2 N–H and O–H groups in total. The molecule has 0 aliphatic carbocycles. The molecule has 2 heterocycles. The van der Waals surface area contributed by atoms with E-state index in [0.29, 0.717) is 5.56 Å². The molecule has 3 aromatic rings. The van der Waals surface area contributed by atoms with E-state index in [9.17, 15) is 18.3 Å². The number of nitrogens with one attached hydrogen (secondary N) is 1. The van der Waals surface area contributed by atoms with Gasteiger partial charge >= 0.3 is 6.36 Å². The van der Waals surface area contributed by atoms with Gasteiger partial charge in [0.1, 0.15) is 12.4 Å². The molecule has 3 rings (SSSR count). The number of hydrogen-bond donors (Lipinski definition) is 2. The lowest BCUT2D eigenvalue weighted by Crippen LogP contribution is -2.17. The molecule has 144 valence electrons. The topological polar surface area (TPSA) is 133 Å². The van der Waals surface area contributed by atoms with Gasteiger partial charge in [0.2, 0.25) is 12.1 Å². The highest BCUT2D eigenvalue weighted by molar-refractivity contribution is 5.57. The number of rotatable bonds is 7. The van der Waals surface area contributed by atoms with Crippen LogP contribution in [-0.4, -0.2) is 49.1 Å². The summed E-state index contributed by atoms with van der Waals surface area (Å²) in [7, 11) is 1.26. The summed E-state index contributed by atoms with van der Waals surface area (Å²) in [6.07, 6.45) is -6.17. The SMILES string of the molecule is COC(O)c1nonc1NCn1nnnc1-c1cccc(OC(F)(F)F)c1. The van der Waals surface area contributed by atoms with Crippen LogP contribution in [0, 0.1) is 0 Å². The van der Waals surface area contributed by atoms with Crippen LogP contribution in [0.25, 0.3) is 11.4 Å². The first-order valence-corrected chi connectivity index (χ1v) is 7.27. The Labute approximate surface area is 148 Å². The zero-order valence-corrected chi connectivity index (χ0v) is 13.6. The van der Waals surface area contributed by atoms with Crippen molar-refractivity contribution in [1.82, 2.24) is 30.5 Å². The number of benzene rings is 1. The van der Waals surface area contributed by atoms with Gasteiger partial charge in [-0.25, -0.2) is 9.31 Å². The minimum absolute atomic E-state index is 0.00713. The molecule has 0 saturated carbocycles.